The van der Waals surface area contributed by atoms with E-state index in [0.29, 0.717) is 6.54 Å². The molecular weight excluding hydrogens is 380 g/mol. The quantitative estimate of drug-likeness (QED) is 0.643. The van der Waals surface area contributed by atoms with Crippen LogP contribution in [0.2, 0.25) is 0 Å². The maximum absolute atomic E-state index is 13.4. The van der Waals surface area contributed by atoms with Crippen molar-refractivity contribution < 1.29 is 9.53 Å². The molecule has 3 aromatic rings. The zero-order valence-electron chi connectivity index (χ0n) is 16.4. The minimum absolute atomic E-state index is 0.0391. The SMILES string of the molecule is O=C(NC[C@@H](c1cccs1)N1CCOCC1)C(c1ccccc1)c1ccccc1. The summed E-state index contributed by atoms with van der Waals surface area (Å²) in [7, 11) is 0. The van der Waals surface area contributed by atoms with E-state index in [1.807, 2.05) is 60.7 Å². The van der Waals surface area contributed by atoms with Crippen LogP contribution in [0.15, 0.2) is 78.2 Å². The summed E-state index contributed by atoms with van der Waals surface area (Å²) in [5.41, 5.74) is 2.02. The summed E-state index contributed by atoms with van der Waals surface area (Å²) in [5.74, 6) is -0.275. The Morgan fingerprint density at radius 1 is 0.931 bits per heavy atom. The first-order chi connectivity index (χ1) is 14.3. The Morgan fingerprint density at radius 3 is 2.10 bits per heavy atom. The molecule has 2 heterocycles. The summed E-state index contributed by atoms with van der Waals surface area (Å²) in [4.78, 5) is 17.0. The van der Waals surface area contributed by atoms with Gasteiger partial charge in [-0.3, -0.25) is 9.69 Å². The van der Waals surface area contributed by atoms with Gasteiger partial charge in [0.05, 0.1) is 25.2 Å². The van der Waals surface area contributed by atoms with Crippen molar-refractivity contribution in [2.24, 2.45) is 0 Å². The van der Waals surface area contributed by atoms with Gasteiger partial charge in [-0.05, 0) is 22.6 Å². The predicted molar refractivity (Wildman–Crippen MR) is 117 cm³/mol. The Labute approximate surface area is 176 Å². The molecule has 1 aromatic heterocycles. The molecule has 4 nitrogen and oxygen atoms in total. The van der Waals surface area contributed by atoms with Crippen LogP contribution in [0.25, 0.3) is 0 Å². The van der Waals surface area contributed by atoms with Gasteiger partial charge in [-0.25, -0.2) is 0 Å². The van der Waals surface area contributed by atoms with Gasteiger partial charge in [-0.2, -0.15) is 0 Å². The van der Waals surface area contributed by atoms with Gasteiger partial charge in [0.2, 0.25) is 5.91 Å². The molecule has 1 aliphatic heterocycles. The minimum atomic E-state index is -0.314. The molecule has 1 fully saturated rings. The maximum atomic E-state index is 13.4. The van der Waals surface area contributed by atoms with Crippen LogP contribution in [0.1, 0.15) is 28.0 Å². The lowest BCUT2D eigenvalue weighted by Crippen LogP contribution is -2.44. The van der Waals surface area contributed by atoms with Crippen molar-refractivity contribution in [1.29, 1.82) is 0 Å². The largest absolute Gasteiger partial charge is 0.379 e. The average molecular weight is 407 g/mol. The van der Waals surface area contributed by atoms with Crippen molar-refractivity contribution in [2.45, 2.75) is 12.0 Å². The van der Waals surface area contributed by atoms with Crippen LogP contribution in [0, 0.1) is 0 Å². The molecule has 2 aromatic carbocycles. The van der Waals surface area contributed by atoms with Crippen molar-refractivity contribution in [3.8, 4) is 0 Å². The van der Waals surface area contributed by atoms with Gasteiger partial charge in [-0.1, -0.05) is 66.7 Å². The standard InChI is InChI=1S/C24H26N2O2S/c27-24(23(19-8-3-1-4-9-19)20-10-5-2-6-11-20)25-18-21(22-12-7-17-29-22)26-13-15-28-16-14-26/h1-12,17,21,23H,13-16,18H2,(H,25,27)/t21-/m0/s1. The average Bonchev–Trinajstić information content (AvgIpc) is 3.31. The second-order valence-corrected chi connectivity index (χ2v) is 8.16. The van der Waals surface area contributed by atoms with Crippen molar-refractivity contribution in [3.05, 3.63) is 94.2 Å². The van der Waals surface area contributed by atoms with Crippen molar-refractivity contribution >= 4 is 17.2 Å². The highest BCUT2D eigenvalue weighted by Gasteiger charge is 2.27. The normalized spacial score (nSPS) is 15.9. The van der Waals surface area contributed by atoms with Crippen LogP contribution in [0.3, 0.4) is 0 Å². The first-order valence-corrected chi connectivity index (χ1v) is 10.9. The molecule has 0 spiro atoms. The van der Waals surface area contributed by atoms with E-state index in [-0.39, 0.29) is 17.9 Å². The molecule has 5 heteroatoms. The number of hydrogen-bond donors (Lipinski definition) is 1. The summed E-state index contributed by atoms with van der Waals surface area (Å²) < 4.78 is 5.52. The van der Waals surface area contributed by atoms with Crippen molar-refractivity contribution in [1.82, 2.24) is 10.2 Å². The Hall–Kier alpha value is -2.47. The van der Waals surface area contributed by atoms with Gasteiger partial charge in [0.1, 0.15) is 0 Å². The predicted octanol–water partition coefficient (Wildman–Crippen LogP) is 4.07. The summed E-state index contributed by atoms with van der Waals surface area (Å²) in [6.07, 6.45) is 0. The zero-order chi connectivity index (χ0) is 19.9. The minimum Gasteiger partial charge on any atom is -0.379 e. The molecule has 1 aliphatic rings. The van der Waals surface area contributed by atoms with E-state index in [1.165, 1.54) is 4.88 Å². The summed E-state index contributed by atoms with van der Waals surface area (Å²) in [6.45, 7) is 3.85. The molecule has 0 radical (unpaired) electrons. The molecule has 150 valence electrons. The lowest BCUT2D eigenvalue weighted by Gasteiger charge is -2.34. The number of carbonyl (C=O) groups is 1. The van der Waals surface area contributed by atoms with Crippen LogP contribution in [-0.4, -0.2) is 43.7 Å². The first-order valence-electron chi connectivity index (χ1n) is 10.1. The van der Waals surface area contributed by atoms with Gasteiger partial charge in [0.15, 0.2) is 0 Å². The monoisotopic (exact) mass is 406 g/mol. The molecule has 0 saturated carbocycles. The smallest absolute Gasteiger partial charge is 0.232 e. The van der Waals surface area contributed by atoms with E-state index >= 15 is 0 Å². The Bertz CT molecular complexity index is 838. The molecule has 1 N–H and O–H groups in total. The van der Waals surface area contributed by atoms with Gasteiger partial charge in [0, 0.05) is 24.5 Å². The molecule has 0 unspecified atom stereocenters. The Kier molecular flexibility index (Phi) is 6.72. The molecule has 1 amide bonds. The summed E-state index contributed by atoms with van der Waals surface area (Å²) in [6, 6.07) is 24.4. The zero-order valence-corrected chi connectivity index (χ0v) is 17.2. The molecule has 29 heavy (non-hydrogen) atoms. The first kappa shape index (κ1) is 19.8. The lowest BCUT2D eigenvalue weighted by molar-refractivity contribution is -0.122. The third-order valence-corrected chi connectivity index (χ3v) is 6.33. The number of rotatable bonds is 7. The van der Waals surface area contributed by atoms with E-state index in [2.05, 4.69) is 27.7 Å². The van der Waals surface area contributed by atoms with E-state index in [1.54, 1.807) is 11.3 Å². The van der Waals surface area contributed by atoms with Crippen LogP contribution in [0.4, 0.5) is 0 Å². The Morgan fingerprint density at radius 2 is 1.55 bits per heavy atom. The fraction of sp³-hybridized carbons (Fsp3) is 0.292. The summed E-state index contributed by atoms with van der Waals surface area (Å²) >= 11 is 1.74. The number of benzene rings is 2. The van der Waals surface area contributed by atoms with Crippen LogP contribution < -0.4 is 5.32 Å². The van der Waals surface area contributed by atoms with Gasteiger partial charge >= 0.3 is 0 Å². The number of thiophene rings is 1. The number of amides is 1. The fourth-order valence-electron chi connectivity index (χ4n) is 3.87. The second-order valence-electron chi connectivity index (χ2n) is 7.18. The highest BCUT2D eigenvalue weighted by Crippen LogP contribution is 2.27. The van der Waals surface area contributed by atoms with Gasteiger partial charge in [0.25, 0.3) is 0 Å². The topological polar surface area (TPSA) is 41.6 Å². The summed E-state index contributed by atoms with van der Waals surface area (Å²) in [5, 5.41) is 5.35. The van der Waals surface area contributed by atoms with E-state index in [9.17, 15) is 4.79 Å². The maximum Gasteiger partial charge on any atom is 0.232 e. The van der Waals surface area contributed by atoms with E-state index < -0.39 is 0 Å². The molecule has 4 rings (SSSR count). The van der Waals surface area contributed by atoms with E-state index in [0.717, 1.165) is 37.4 Å². The fourth-order valence-corrected chi connectivity index (χ4v) is 4.73. The molecule has 0 bridgehead atoms. The highest BCUT2D eigenvalue weighted by atomic mass is 32.1. The third kappa shape index (κ3) is 4.93. The number of hydrogen-bond acceptors (Lipinski definition) is 4. The van der Waals surface area contributed by atoms with Crippen molar-refractivity contribution in [3.63, 3.8) is 0 Å². The number of morpholine rings is 1. The number of nitrogens with zero attached hydrogens (tertiary/aromatic N) is 1. The highest BCUT2D eigenvalue weighted by molar-refractivity contribution is 7.10. The van der Waals surface area contributed by atoms with Crippen molar-refractivity contribution in [2.75, 3.05) is 32.8 Å². The van der Waals surface area contributed by atoms with Crippen LogP contribution in [0.5, 0.6) is 0 Å². The van der Waals surface area contributed by atoms with Gasteiger partial charge in [-0.15, -0.1) is 11.3 Å². The second kappa shape index (κ2) is 9.83. The third-order valence-electron chi connectivity index (χ3n) is 5.36. The molecular formula is C24H26N2O2S. The molecule has 1 saturated heterocycles. The molecule has 0 aliphatic carbocycles. The van der Waals surface area contributed by atoms with Gasteiger partial charge < -0.3 is 10.1 Å². The van der Waals surface area contributed by atoms with E-state index in [4.69, 9.17) is 4.74 Å². The number of nitrogens with one attached hydrogen (secondary N) is 1. The van der Waals surface area contributed by atoms with Crippen LogP contribution in [-0.2, 0) is 9.53 Å². The Balaban J connectivity index is 1.53. The number of carbonyl (C=O) groups excluding carboxylic acids is 1. The lowest BCUT2D eigenvalue weighted by atomic mass is 9.90. The number of ether oxygens (including phenoxy) is 1. The molecule has 1 atom stereocenters. The van der Waals surface area contributed by atoms with Crippen LogP contribution >= 0.6 is 11.3 Å².